The Morgan fingerprint density at radius 1 is 1.12 bits per heavy atom. The van der Waals surface area contributed by atoms with E-state index in [-0.39, 0.29) is 29.0 Å². The molecule has 1 amide bonds. The molecule has 0 bridgehead atoms. The van der Waals surface area contributed by atoms with Gasteiger partial charge in [0.1, 0.15) is 0 Å². The molecule has 1 N–H and O–H groups in total. The molecule has 0 fully saturated rings. The molecule has 1 aromatic rings. The van der Waals surface area contributed by atoms with Crippen LogP contribution in [0.25, 0.3) is 0 Å². The molecule has 0 aliphatic heterocycles. The van der Waals surface area contributed by atoms with Crippen molar-refractivity contribution in [3.05, 3.63) is 29.8 Å². The Kier molecular flexibility index (Phi) is 7.41. The summed E-state index contributed by atoms with van der Waals surface area (Å²) in [5, 5.41) is 2.70. The summed E-state index contributed by atoms with van der Waals surface area (Å²) in [5.41, 5.74) is 0.954. The lowest BCUT2D eigenvalue weighted by molar-refractivity contribution is -0.148. The summed E-state index contributed by atoms with van der Waals surface area (Å²) in [4.78, 5) is 23.4. The number of rotatable bonds is 8. The molecule has 0 aliphatic rings. The zero-order valence-corrected chi connectivity index (χ0v) is 15.4. The maximum atomic E-state index is 12.1. The van der Waals surface area contributed by atoms with Crippen molar-refractivity contribution in [3.8, 4) is 0 Å². The number of hydrogen-bond acceptors (Lipinski definition) is 5. The molecule has 7 heteroatoms. The smallest absolute Gasteiger partial charge is 0.307 e. The van der Waals surface area contributed by atoms with Gasteiger partial charge in [-0.15, -0.1) is 0 Å². The van der Waals surface area contributed by atoms with Crippen LogP contribution in [0.2, 0.25) is 0 Å². The molecule has 0 saturated carbocycles. The first-order valence-corrected chi connectivity index (χ1v) is 9.51. The van der Waals surface area contributed by atoms with E-state index in [0.29, 0.717) is 0 Å². The van der Waals surface area contributed by atoms with Crippen LogP contribution in [0.4, 0.5) is 0 Å². The molecule has 0 saturated heterocycles. The number of aryl methyl sites for hydroxylation is 1. The van der Waals surface area contributed by atoms with Crippen molar-refractivity contribution in [2.24, 2.45) is 5.92 Å². The van der Waals surface area contributed by atoms with E-state index in [1.807, 2.05) is 27.7 Å². The van der Waals surface area contributed by atoms with Gasteiger partial charge in [0, 0.05) is 6.04 Å². The first kappa shape index (κ1) is 20.2. The van der Waals surface area contributed by atoms with Crippen molar-refractivity contribution in [2.75, 3.05) is 12.4 Å². The van der Waals surface area contributed by atoms with Gasteiger partial charge in [0.25, 0.3) is 5.91 Å². The maximum Gasteiger partial charge on any atom is 0.307 e. The fraction of sp³-hybridized carbons (Fsp3) is 0.529. The van der Waals surface area contributed by atoms with Crippen molar-refractivity contribution >= 4 is 21.7 Å². The number of carbonyl (C=O) groups excluding carboxylic acids is 2. The van der Waals surface area contributed by atoms with Gasteiger partial charge in [0.15, 0.2) is 16.4 Å². The van der Waals surface area contributed by atoms with E-state index in [2.05, 4.69) is 5.32 Å². The highest BCUT2D eigenvalue weighted by Crippen LogP contribution is 2.13. The minimum Gasteiger partial charge on any atom is -0.456 e. The third-order valence-corrected chi connectivity index (χ3v) is 5.44. The second-order valence-electron chi connectivity index (χ2n) is 6.14. The first-order chi connectivity index (χ1) is 11.1. The fourth-order valence-electron chi connectivity index (χ4n) is 1.76. The van der Waals surface area contributed by atoms with Gasteiger partial charge < -0.3 is 10.1 Å². The largest absolute Gasteiger partial charge is 0.456 e. The van der Waals surface area contributed by atoms with E-state index in [0.717, 1.165) is 5.56 Å². The quantitative estimate of drug-likeness (QED) is 0.719. The summed E-state index contributed by atoms with van der Waals surface area (Å²) in [7, 11) is -3.54. The Balaban J connectivity index is 2.43. The van der Waals surface area contributed by atoms with Gasteiger partial charge in [-0.1, -0.05) is 31.5 Å². The zero-order valence-electron chi connectivity index (χ0n) is 14.5. The monoisotopic (exact) mass is 355 g/mol. The van der Waals surface area contributed by atoms with Crippen LogP contribution >= 0.6 is 0 Å². The maximum absolute atomic E-state index is 12.1. The lowest BCUT2D eigenvalue weighted by atomic mass is 10.1. The van der Waals surface area contributed by atoms with Crippen LogP contribution in [0.5, 0.6) is 0 Å². The van der Waals surface area contributed by atoms with Gasteiger partial charge in [-0.2, -0.15) is 0 Å². The summed E-state index contributed by atoms with van der Waals surface area (Å²) in [6.07, 6.45) is -0.288. The molecule has 0 aromatic heterocycles. The third kappa shape index (κ3) is 6.70. The Morgan fingerprint density at radius 2 is 1.71 bits per heavy atom. The molecule has 1 atom stereocenters. The van der Waals surface area contributed by atoms with Crippen LogP contribution in [-0.2, 0) is 24.2 Å². The number of ether oxygens (including phenoxy) is 1. The van der Waals surface area contributed by atoms with E-state index < -0.39 is 28.3 Å². The van der Waals surface area contributed by atoms with E-state index in [1.54, 1.807) is 12.1 Å². The highest BCUT2D eigenvalue weighted by atomic mass is 32.2. The molecular weight excluding hydrogens is 330 g/mol. The van der Waals surface area contributed by atoms with Crippen LogP contribution in [0.1, 0.15) is 32.8 Å². The highest BCUT2D eigenvalue weighted by Gasteiger charge is 2.18. The number of hydrogen-bond donors (Lipinski definition) is 1. The number of amides is 1. The molecule has 24 heavy (non-hydrogen) atoms. The molecule has 1 rings (SSSR count). The highest BCUT2D eigenvalue weighted by molar-refractivity contribution is 7.91. The Morgan fingerprint density at radius 3 is 2.25 bits per heavy atom. The predicted octanol–water partition coefficient (Wildman–Crippen LogP) is 1.86. The van der Waals surface area contributed by atoms with Crippen molar-refractivity contribution in [1.82, 2.24) is 5.32 Å². The van der Waals surface area contributed by atoms with Crippen LogP contribution in [0, 0.1) is 12.8 Å². The second-order valence-corrected chi connectivity index (χ2v) is 8.25. The lowest BCUT2D eigenvalue weighted by Crippen LogP contribution is -2.38. The first-order valence-electron chi connectivity index (χ1n) is 7.86. The molecule has 0 heterocycles. The Hall–Kier alpha value is -1.89. The normalized spacial score (nSPS) is 12.7. The Labute approximate surface area is 143 Å². The SMILES string of the molecule is Cc1ccc(S(=O)(=O)CCC(=O)OCC(=O)N[C@@H](C)C(C)C)cc1. The summed E-state index contributed by atoms with van der Waals surface area (Å²) >= 11 is 0. The van der Waals surface area contributed by atoms with Gasteiger partial charge in [-0.25, -0.2) is 8.42 Å². The summed E-state index contributed by atoms with van der Waals surface area (Å²) in [6.45, 7) is 7.25. The fourth-order valence-corrected chi connectivity index (χ4v) is 2.98. The summed E-state index contributed by atoms with van der Waals surface area (Å²) in [6, 6.07) is 6.39. The zero-order chi connectivity index (χ0) is 18.3. The minimum absolute atomic E-state index is 0.0295. The van der Waals surface area contributed by atoms with Crippen molar-refractivity contribution in [3.63, 3.8) is 0 Å². The molecular formula is C17H25NO5S. The number of esters is 1. The molecule has 0 spiro atoms. The number of benzene rings is 1. The summed E-state index contributed by atoms with van der Waals surface area (Å²) in [5.74, 6) is -1.19. The van der Waals surface area contributed by atoms with Gasteiger partial charge >= 0.3 is 5.97 Å². The van der Waals surface area contributed by atoms with Crippen LogP contribution < -0.4 is 5.32 Å². The number of carbonyl (C=O) groups is 2. The van der Waals surface area contributed by atoms with Gasteiger partial charge in [0.05, 0.1) is 17.1 Å². The standard InChI is InChI=1S/C17H25NO5S/c1-12(2)14(4)18-16(19)11-23-17(20)9-10-24(21,22)15-7-5-13(3)6-8-15/h5-8,12,14H,9-11H2,1-4H3,(H,18,19)/t14-/m0/s1. The number of nitrogens with one attached hydrogen (secondary N) is 1. The molecule has 0 aliphatic carbocycles. The molecule has 6 nitrogen and oxygen atoms in total. The van der Waals surface area contributed by atoms with E-state index >= 15 is 0 Å². The van der Waals surface area contributed by atoms with Crippen LogP contribution in [0.15, 0.2) is 29.2 Å². The van der Waals surface area contributed by atoms with Crippen LogP contribution in [0.3, 0.4) is 0 Å². The van der Waals surface area contributed by atoms with E-state index in [4.69, 9.17) is 4.74 Å². The molecule has 0 unspecified atom stereocenters. The number of sulfone groups is 1. The van der Waals surface area contributed by atoms with Crippen molar-refractivity contribution < 1.29 is 22.7 Å². The van der Waals surface area contributed by atoms with E-state index in [1.165, 1.54) is 12.1 Å². The van der Waals surface area contributed by atoms with Gasteiger partial charge in [-0.05, 0) is 31.9 Å². The predicted molar refractivity (Wildman–Crippen MR) is 91.3 cm³/mol. The van der Waals surface area contributed by atoms with Crippen LogP contribution in [-0.4, -0.2) is 38.7 Å². The van der Waals surface area contributed by atoms with Crippen molar-refractivity contribution in [2.45, 2.75) is 45.1 Å². The van der Waals surface area contributed by atoms with Gasteiger partial charge in [-0.3, -0.25) is 9.59 Å². The van der Waals surface area contributed by atoms with Crippen molar-refractivity contribution in [1.29, 1.82) is 0 Å². The average Bonchev–Trinajstić information content (AvgIpc) is 2.51. The Bertz CT molecular complexity index is 665. The average molecular weight is 355 g/mol. The minimum atomic E-state index is -3.54. The topological polar surface area (TPSA) is 89.5 Å². The molecule has 0 radical (unpaired) electrons. The second kappa shape index (κ2) is 8.82. The molecule has 134 valence electrons. The lowest BCUT2D eigenvalue weighted by Gasteiger charge is -2.17. The van der Waals surface area contributed by atoms with E-state index in [9.17, 15) is 18.0 Å². The third-order valence-electron chi connectivity index (χ3n) is 3.71. The van der Waals surface area contributed by atoms with Gasteiger partial charge in [0.2, 0.25) is 0 Å². The molecule has 1 aromatic carbocycles. The summed E-state index contributed by atoms with van der Waals surface area (Å²) < 4.78 is 29.1.